The van der Waals surface area contributed by atoms with E-state index in [2.05, 4.69) is 37.0 Å². The summed E-state index contributed by atoms with van der Waals surface area (Å²) in [7, 11) is -2.06. The van der Waals surface area contributed by atoms with Crippen LogP contribution in [0.2, 0.25) is 0 Å². The van der Waals surface area contributed by atoms with Crippen molar-refractivity contribution in [3.05, 3.63) is 65.2 Å². The van der Waals surface area contributed by atoms with Crippen molar-refractivity contribution >= 4 is 19.4 Å². The summed E-state index contributed by atoms with van der Waals surface area (Å²) in [5.41, 5.74) is 2.90. The average Bonchev–Trinajstić information content (AvgIpc) is 2.73. The molecule has 1 atom stereocenters. The second-order valence-electron chi connectivity index (χ2n) is 7.53. The van der Waals surface area contributed by atoms with E-state index in [0.29, 0.717) is 5.56 Å². The first kappa shape index (κ1) is 17.3. The van der Waals surface area contributed by atoms with Crippen LogP contribution in [0.5, 0.6) is 5.75 Å². The third kappa shape index (κ3) is 2.43. The lowest BCUT2D eigenvalue weighted by Crippen LogP contribution is -2.58. The van der Waals surface area contributed by atoms with Gasteiger partial charge < -0.3 is 19.4 Å². The molecule has 2 aromatic carbocycles. The van der Waals surface area contributed by atoms with Crippen LogP contribution in [0.1, 0.15) is 30.5 Å². The quantitative estimate of drug-likeness (QED) is 0.784. The molecule has 2 aromatic rings. The molecule has 2 aliphatic rings. The highest BCUT2D eigenvalue weighted by Gasteiger charge is 2.57. The van der Waals surface area contributed by atoms with Gasteiger partial charge in [-0.1, -0.05) is 24.3 Å². The SMILES string of the molecule is CN1c2ccccc2C(C)(C)C12C=Cc1cc(CP(=O)(O)O)ccc1O2. The maximum atomic E-state index is 11.3. The number of likely N-dealkylation sites (N-methyl/N-ethyl adjacent to an activating group) is 1. The maximum Gasteiger partial charge on any atom is 0.329 e. The van der Waals surface area contributed by atoms with Gasteiger partial charge >= 0.3 is 7.60 Å². The zero-order chi connectivity index (χ0) is 18.7. The number of benzene rings is 2. The van der Waals surface area contributed by atoms with Crippen molar-refractivity contribution in [1.82, 2.24) is 0 Å². The van der Waals surface area contributed by atoms with Gasteiger partial charge in [0.25, 0.3) is 0 Å². The predicted octanol–water partition coefficient (Wildman–Crippen LogP) is 3.89. The molecule has 0 fully saturated rings. The molecule has 0 bridgehead atoms. The number of hydrogen-bond acceptors (Lipinski definition) is 3. The molecule has 2 aliphatic heterocycles. The minimum Gasteiger partial charge on any atom is -0.463 e. The Morgan fingerprint density at radius 3 is 2.58 bits per heavy atom. The van der Waals surface area contributed by atoms with Crippen LogP contribution in [0.4, 0.5) is 5.69 Å². The standard InChI is InChI=1S/C20H22NO4P/c1-19(2)16-6-4-5-7-17(16)21(3)20(19)11-10-15-12-14(13-26(22,23)24)8-9-18(15)25-20/h4-12H,13H2,1-3H3,(H2,22,23,24). The lowest BCUT2D eigenvalue weighted by molar-refractivity contribution is 0.0581. The number of hydrogen-bond donors (Lipinski definition) is 2. The normalized spacial score (nSPS) is 22.9. The fraction of sp³-hybridized carbons (Fsp3) is 0.300. The van der Waals surface area contributed by atoms with E-state index in [1.165, 1.54) is 5.56 Å². The molecule has 2 N–H and O–H groups in total. The molecule has 0 aromatic heterocycles. The highest BCUT2D eigenvalue weighted by molar-refractivity contribution is 7.50. The fourth-order valence-electron chi connectivity index (χ4n) is 4.16. The zero-order valence-electron chi connectivity index (χ0n) is 15.0. The summed E-state index contributed by atoms with van der Waals surface area (Å²) in [5, 5.41) is 0. The highest BCUT2D eigenvalue weighted by atomic mass is 31.2. The molecule has 5 nitrogen and oxygen atoms in total. The number of anilines is 1. The lowest BCUT2D eigenvalue weighted by Gasteiger charge is -2.45. The number of rotatable bonds is 2. The molecule has 2 heterocycles. The second kappa shape index (κ2) is 5.46. The molecule has 1 spiro atoms. The molecule has 0 saturated heterocycles. The van der Waals surface area contributed by atoms with E-state index in [1.807, 2.05) is 25.3 Å². The van der Waals surface area contributed by atoms with Crippen molar-refractivity contribution in [3.63, 3.8) is 0 Å². The van der Waals surface area contributed by atoms with Crippen molar-refractivity contribution < 1.29 is 19.1 Å². The molecule has 0 aliphatic carbocycles. The van der Waals surface area contributed by atoms with E-state index in [4.69, 9.17) is 4.74 Å². The van der Waals surface area contributed by atoms with Crippen LogP contribution >= 0.6 is 7.60 Å². The summed E-state index contributed by atoms with van der Waals surface area (Å²) in [5.74, 6) is 0.717. The van der Waals surface area contributed by atoms with Crippen LogP contribution < -0.4 is 9.64 Å². The molecule has 1 unspecified atom stereocenters. The fourth-order valence-corrected chi connectivity index (χ4v) is 4.84. The molecule has 6 heteroatoms. The Kier molecular flexibility index (Phi) is 3.65. The van der Waals surface area contributed by atoms with Crippen molar-refractivity contribution in [2.75, 3.05) is 11.9 Å². The van der Waals surface area contributed by atoms with Crippen molar-refractivity contribution in [2.24, 2.45) is 0 Å². The maximum absolute atomic E-state index is 11.3. The van der Waals surface area contributed by atoms with Gasteiger partial charge in [-0.05, 0) is 55.3 Å². The predicted molar refractivity (Wildman–Crippen MR) is 102 cm³/mol. The summed E-state index contributed by atoms with van der Waals surface area (Å²) in [6.45, 7) is 4.35. The van der Waals surface area contributed by atoms with Gasteiger partial charge in [-0.2, -0.15) is 0 Å². The first-order valence-electron chi connectivity index (χ1n) is 8.53. The third-order valence-electron chi connectivity index (χ3n) is 5.55. The number of para-hydroxylation sites is 1. The summed E-state index contributed by atoms with van der Waals surface area (Å²) >= 11 is 0. The monoisotopic (exact) mass is 371 g/mol. The Labute approximate surface area is 153 Å². The van der Waals surface area contributed by atoms with E-state index in [1.54, 1.807) is 18.2 Å². The van der Waals surface area contributed by atoms with Crippen molar-refractivity contribution in [2.45, 2.75) is 31.1 Å². The Balaban J connectivity index is 1.76. The summed E-state index contributed by atoms with van der Waals surface area (Å²) < 4.78 is 17.8. The smallest absolute Gasteiger partial charge is 0.329 e. The van der Waals surface area contributed by atoms with Gasteiger partial charge in [0.05, 0.1) is 11.6 Å². The summed E-state index contributed by atoms with van der Waals surface area (Å²) in [6.07, 6.45) is 3.78. The van der Waals surface area contributed by atoms with Crippen LogP contribution in [-0.4, -0.2) is 22.6 Å². The van der Waals surface area contributed by atoms with Crippen molar-refractivity contribution in [3.8, 4) is 5.75 Å². The molecule has 0 amide bonds. The van der Waals surface area contributed by atoms with Gasteiger partial charge in [-0.15, -0.1) is 0 Å². The van der Waals surface area contributed by atoms with E-state index < -0.39 is 13.3 Å². The van der Waals surface area contributed by atoms with Gasteiger partial charge in [-0.25, -0.2) is 0 Å². The number of ether oxygens (including phenoxy) is 1. The molecule has 26 heavy (non-hydrogen) atoms. The van der Waals surface area contributed by atoms with Gasteiger partial charge in [0.15, 0.2) is 0 Å². The molecule has 0 saturated carbocycles. The Bertz CT molecular complexity index is 962. The van der Waals surface area contributed by atoms with E-state index in [0.717, 1.165) is 17.0 Å². The van der Waals surface area contributed by atoms with Crippen LogP contribution in [0.3, 0.4) is 0 Å². The third-order valence-corrected chi connectivity index (χ3v) is 6.33. The number of nitrogens with zero attached hydrogens (tertiary/aromatic N) is 1. The van der Waals surface area contributed by atoms with Crippen LogP contribution in [0.15, 0.2) is 48.5 Å². The Morgan fingerprint density at radius 1 is 1.15 bits per heavy atom. The van der Waals surface area contributed by atoms with E-state index in [-0.39, 0.29) is 11.6 Å². The van der Waals surface area contributed by atoms with E-state index in [9.17, 15) is 14.4 Å². The second-order valence-corrected chi connectivity index (χ2v) is 9.17. The summed E-state index contributed by atoms with van der Waals surface area (Å²) in [4.78, 5) is 20.6. The van der Waals surface area contributed by atoms with Crippen LogP contribution in [0, 0.1) is 0 Å². The zero-order valence-corrected chi connectivity index (χ0v) is 15.9. The highest BCUT2D eigenvalue weighted by Crippen LogP contribution is 2.54. The number of fused-ring (bicyclic) bond motifs is 2. The first-order chi connectivity index (χ1) is 12.1. The molecular formula is C20H22NO4P. The van der Waals surface area contributed by atoms with E-state index >= 15 is 0 Å². The van der Waals surface area contributed by atoms with Crippen LogP contribution in [0.25, 0.3) is 6.08 Å². The first-order valence-corrected chi connectivity index (χ1v) is 10.3. The lowest BCUT2D eigenvalue weighted by atomic mass is 9.76. The Morgan fingerprint density at radius 2 is 1.88 bits per heavy atom. The van der Waals surface area contributed by atoms with Crippen molar-refractivity contribution in [1.29, 1.82) is 0 Å². The van der Waals surface area contributed by atoms with Gasteiger partial charge in [0, 0.05) is 18.3 Å². The minimum absolute atomic E-state index is 0.267. The van der Waals surface area contributed by atoms with Gasteiger partial charge in [0.2, 0.25) is 5.72 Å². The van der Waals surface area contributed by atoms with Gasteiger partial charge in [-0.3, -0.25) is 4.57 Å². The van der Waals surface area contributed by atoms with Crippen LogP contribution in [-0.2, 0) is 16.1 Å². The Hall–Kier alpha value is -2.07. The topological polar surface area (TPSA) is 70.0 Å². The van der Waals surface area contributed by atoms with Gasteiger partial charge in [0.1, 0.15) is 5.75 Å². The molecule has 136 valence electrons. The summed E-state index contributed by atoms with van der Waals surface area (Å²) in [6, 6.07) is 13.6. The minimum atomic E-state index is -4.09. The molecule has 4 rings (SSSR count). The molecular weight excluding hydrogens is 349 g/mol. The molecule has 0 radical (unpaired) electrons. The largest absolute Gasteiger partial charge is 0.463 e. The average molecular weight is 371 g/mol.